The van der Waals surface area contributed by atoms with Gasteiger partial charge in [-0.3, -0.25) is 4.79 Å². The van der Waals surface area contributed by atoms with Crippen molar-refractivity contribution in [1.82, 2.24) is 9.97 Å². The summed E-state index contributed by atoms with van der Waals surface area (Å²) in [6, 6.07) is 13.2. The van der Waals surface area contributed by atoms with Crippen LogP contribution in [0.15, 0.2) is 47.3 Å². The molecule has 0 bridgehead atoms. The molecular weight excluding hydrogens is 264 g/mol. The van der Waals surface area contributed by atoms with Gasteiger partial charge in [-0.25, -0.2) is 4.98 Å². The van der Waals surface area contributed by atoms with Gasteiger partial charge in [0.1, 0.15) is 11.6 Å². The number of aromatic nitrogens is 2. The summed E-state index contributed by atoms with van der Waals surface area (Å²) in [5.74, 6) is 1.25. The summed E-state index contributed by atoms with van der Waals surface area (Å²) < 4.78 is 5.61. The lowest BCUT2D eigenvalue weighted by atomic mass is 10.1. The predicted molar refractivity (Wildman–Crippen MR) is 83.7 cm³/mol. The van der Waals surface area contributed by atoms with Gasteiger partial charge in [-0.05, 0) is 37.6 Å². The molecule has 4 heteroatoms. The quantitative estimate of drug-likeness (QED) is 0.801. The van der Waals surface area contributed by atoms with Crippen molar-refractivity contribution in [2.24, 2.45) is 0 Å². The number of rotatable bonds is 3. The predicted octanol–water partition coefficient (Wildman–Crippen LogP) is 3.30. The van der Waals surface area contributed by atoms with Crippen LogP contribution in [0, 0.1) is 6.92 Å². The van der Waals surface area contributed by atoms with Crippen LogP contribution in [0.2, 0.25) is 0 Å². The molecule has 0 amide bonds. The van der Waals surface area contributed by atoms with Crippen molar-refractivity contribution < 1.29 is 4.74 Å². The van der Waals surface area contributed by atoms with Crippen LogP contribution in [0.1, 0.15) is 12.5 Å². The number of fused-ring (bicyclic) bond motifs is 1. The minimum absolute atomic E-state index is 0.126. The van der Waals surface area contributed by atoms with Crippen molar-refractivity contribution in [3.8, 4) is 17.1 Å². The molecule has 21 heavy (non-hydrogen) atoms. The zero-order valence-electron chi connectivity index (χ0n) is 12.0. The van der Waals surface area contributed by atoms with Gasteiger partial charge >= 0.3 is 0 Å². The van der Waals surface area contributed by atoms with Crippen LogP contribution in [0.4, 0.5) is 0 Å². The maximum Gasteiger partial charge on any atom is 0.259 e. The Labute approximate surface area is 122 Å². The summed E-state index contributed by atoms with van der Waals surface area (Å²) in [6.45, 7) is 4.40. The summed E-state index contributed by atoms with van der Waals surface area (Å²) in [4.78, 5) is 19.8. The number of nitrogens with zero attached hydrogens (tertiary/aromatic N) is 1. The van der Waals surface area contributed by atoms with Crippen LogP contribution in [-0.4, -0.2) is 16.6 Å². The van der Waals surface area contributed by atoms with Gasteiger partial charge in [-0.15, -0.1) is 0 Å². The molecule has 0 radical (unpaired) electrons. The lowest BCUT2D eigenvalue weighted by Crippen LogP contribution is -2.11. The molecule has 3 rings (SSSR count). The van der Waals surface area contributed by atoms with Crippen molar-refractivity contribution in [2.45, 2.75) is 13.8 Å². The topological polar surface area (TPSA) is 55.0 Å². The largest absolute Gasteiger partial charge is 0.493 e. The van der Waals surface area contributed by atoms with Crippen LogP contribution in [0.5, 0.6) is 5.75 Å². The van der Waals surface area contributed by atoms with Gasteiger partial charge in [0.15, 0.2) is 0 Å². The highest BCUT2D eigenvalue weighted by Crippen LogP contribution is 2.27. The maximum atomic E-state index is 12.3. The number of ether oxygens (including phenoxy) is 1. The summed E-state index contributed by atoms with van der Waals surface area (Å²) in [5.41, 5.74) is 2.28. The molecule has 1 N–H and O–H groups in total. The first-order valence-corrected chi connectivity index (χ1v) is 6.92. The molecule has 0 atom stereocenters. The van der Waals surface area contributed by atoms with Gasteiger partial charge in [-0.2, -0.15) is 0 Å². The molecule has 1 heterocycles. The van der Waals surface area contributed by atoms with Crippen molar-refractivity contribution in [1.29, 1.82) is 0 Å². The van der Waals surface area contributed by atoms with E-state index >= 15 is 0 Å². The van der Waals surface area contributed by atoms with E-state index < -0.39 is 0 Å². The highest BCUT2D eigenvalue weighted by molar-refractivity contribution is 5.83. The fraction of sp³-hybridized carbons (Fsp3) is 0.176. The fourth-order valence-corrected chi connectivity index (χ4v) is 2.43. The maximum absolute atomic E-state index is 12.3. The number of benzene rings is 2. The van der Waals surface area contributed by atoms with E-state index in [0.717, 1.165) is 16.9 Å². The molecular formula is C17H16N2O2. The van der Waals surface area contributed by atoms with E-state index in [4.69, 9.17) is 4.74 Å². The lowest BCUT2D eigenvalue weighted by molar-refractivity contribution is 0.341. The van der Waals surface area contributed by atoms with E-state index in [9.17, 15) is 4.79 Å². The second-order valence-corrected chi connectivity index (χ2v) is 4.81. The monoisotopic (exact) mass is 280 g/mol. The SMILES string of the molecule is CCOc1ccccc1-c1nc2cccc(C)c2c(=O)[nH]1. The van der Waals surface area contributed by atoms with Crippen molar-refractivity contribution in [3.63, 3.8) is 0 Å². The third-order valence-corrected chi connectivity index (χ3v) is 3.38. The molecule has 0 aliphatic rings. The lowest BCUT2D eigenvalue weighted by Gasteiger charge is -2.10. The van der Waals surface area contributed by atoms with Crippen LogP contribution < -0.4 is 10.3 Å². The third-order valence-electron chi connectivity index (χ3n) is 3.38. The third kappa shape index (κ3) is 2.40. The molecule has 0 saturated carbocycles. The zero-order chi connectivity index (χ0) is 14.8. The number of nitrogens with one attached hydrogen (secondary N) is 1. The Morgan fingerprint density at radius 3 is 2.76 bits per heavy atom. The van der Waals surface area contributed by atoms with Crippen LogP contribution in [0.25, 0.3) is 22.3 Å². The summed E-state index contributed by atoms with van der Waals surface area (Å²) in [6.07, 6.45) is 0. The molecule has 0 fully saturated rings. The normalized spacial score (nSPS) is 10.8. The molecule has 106 valence electrons. The van der Waals surface area contributed by atoms with Crippen molar-refractivity contribution in [2.75, 3.05) is 6.61 Å². The van der Waals surface area contributed by atoms with Gasteiger partial charge in [0, 0.05) is 0 Å². The number of hydrogen-bond acceptors (Lipinski definition) is 3. The van der Waals surface area contributed by atoms with Gasteiger partial charge in [-0.1, -0.05) is 24.3 Å². The molecule has 0 aliphatic carbocycles. The van der Waals surface area contributed by atoms with E-state index in [1.807, 2.05) is 56.3 Å². The molecule has 4 nitrogen and oxygen atoms in total. The smallest absolute Gasteiger partial charge is 0.259 e. The molecule has 0 aliphatic heterocycles. The van der Waals surface area contributed by atoms with Gasteiger partial charge < -0.3 is 9.72 Å². The first-order valence-electron chi connectivity index (χ1n) is 6.92. The second kappa shape index (κ2) is 5.40. The van der Waals surface area contributed by atoms with Gasteiger partial charge in [0.25, 0.3) is 5.56 Å². The van der Waals surface area contributed by atoms with Crippen LogP contribution in [-0.2, 0) is 0 Å². The van der Waals surface area contributed by atoms with E-state index in [0.29, 0.717) is 23.3 Å². The highest BCUT2D eigenvalue weighted by atomic mass is 16.5. The molecule has 1 aromatic heterocycles. The van der Waals surface area contributed by atoms with Crippen LogP contribution in [0.3, 0.4) is 0 Å². The standard InChI is InChI=1S/C17H16N2O2/c1-3-21-14-10-5-4-8-12(14)16-18-13-9-6-7-11(2)15(13)17(20)19-16/h4-10H,3H2,1-2H3,(H,18,19,20). The molecule has 2 aromatic carbocycles. The molecule has 0 saturated heterocycles. The highest BCUT2D eigenvalue weighted by Gasteiger charge is 2.11. The average molecular weight is 280 g/mol. The minimum atomic E-state index is -0.126. The summed E-state index contributed by atoms with van der Waals surface area (Å²) in [7, 11) is 0. The average Bonchev–Trinajstić information content (AvgIpc) is 2.48. The summed E-state index contributed by atoms with van der Waals surface area (Å²) in [5, 5.41) is 0.634. The first kappa shape index (κ1) is 13.4. The Bertz CT molecular complexity index is 853. The van der Waals surface area contributed by atoms with E-state index in [2.05, 4.69) is 9.97 Å². The second-order valence-electron chi connectivity index (χ2n) is 4.81. The minimum Gasteiger partial charge on any atom is -0.493 e. The van der Waals surface area contributed by atoms with E-state index in [1.54, 1.807) is 0 Å². The van der Waals surface area contributed by atoms with Gasteiger partial charge in [0.05, 0.1) is 23.1 Å². The fourth-order valence-electron chi connectivity index (χ4n) is 2.43. The Hall–Kier alpha value is -2.62. The number of aryl methyl sites for hydroxylation is 1. The van der Waals surface area contributed by atoms with Crippen molar-refractivity contribution in [3.05, 3.63) is 58.4 Å². The Kier molecular flexibility index (Phi) is 3.44. The molecule has 3 aromatic rings. The number of hydrogen-bond donors (Lipinski definition) is 1. The summed E-state index contributed by atoms with van der Waals surface area (Å²) >= 11 is 0. The Balaban J connectivity index is 2.25. The van der Waals surface area contributed by atoms with Crippen molar-refractivity contribution >= 4 is 10.9 Å². The van der Waals surface area contributed by atoms with Crippen LogP contribution >= 0.6 is 0 Å². The number of H-pyrrole nitrogens is 1. The number of para-hydroxylation sites is 1. The van der Waals surface area contributed by atoms with E-state index in [-0.39, 0.29) is 5.56 Å². The van der Waals surface area contributed by atoms with Gasteiger partial charge in [0.2, 0.25) is 0 Å². The molecule has 0 unspecified atom stereocenters. The Morgan fingerprint density at radius 1 is 1.14 bits per heavy atom. The Morgan fingerprint density at radius 2 is 1.95 bits per heavy atom. The first-order chi connectivity index (χ1) is 10.2. The molecule has 0 spiro atoms. The number of aromatic amines is 1. The zero-order valence-corrected chi connectivity index (χ0v) is 12.0. The van der Waals surface area contributed by atoms with E-state index in [1.165, 1.54) is 0 Å².